The maximum Gasteiger partial charge on any atom is 0.229 e. The number of pyridine rings is 2. The van der Waals surface area contributed by atoms with Gasteiger partial charge in [0.25, 0.3) is 0 Å². The van der Waals surface area contributed by atoms with Crippen LogP contribution in [0.5, 0.6) is 0 Å². The van der Waals surface area contributed by atoms with Crippen LogP contribution < -0.4 is 0 Å². The summed E-state index contributed by atoms with van der Waals surface area (Å²) in [5, 5.41) is 1.99. The highest BCUT2D eigenvalue weighted by atomic mass is 16.3. The second-order valence-corrected chi connectivity index (χ2v) is 9.95. The SMILES string of the molecule is c1ccc(-c2cnc3oc4c(-c5ccccc5)nc(-c5ccc(-c6ccc7ccccc7n6)cc5)nc4c3c2)cc1. The van der Waals surface area contributed by atoms with Gasteiger partial charge in [-0.15, -0.1) is 0 Å². The maximum atomic E-state index is 6.29. The summed E-state index contributed by atoms with van der Waals surface area (Å²) in [5.41, 5.74) is 9.57. The first-order valence-corrected chi connectivity index (χ1v) is 13.5. The van der Waals surface area contributed by atoms with Crippen molar-refractivity contribution in [2.75, 3.05) is 0 Å². The van der Waals surface area contributed by atoms with Crippen molar-refractivity contribution in [3.8, 4) is 45.0 Å². The fraction of sp³-hybridized carbons (Fsp3) is 0. The van der Waals surface area contributed by atoms with Crippen molar-refractivity contribution in [2.24, 2.45) is 0 Å². The van der Waals surface area contributed by atoms with E-state index in [9.17, 15) is 0 Å². The van der Waals surface area contributed by atoms with Crippen molar-refractivity contribution in [3.63, 3.8) is 0 Å². The van der Waals surface area contributed by atoms with E-state index in [4.69, 9.17) is 19.4 Å². The minimum Gasteiger partial charge on any atom is -0.434 e. The highest BCUT2D eigenvalue weighted by molar-refractivity contribution is 6.07. The molecule has 0 aliphatic rings. The first-order valence-electron chi connectivity index (χ1n) is 13.5. The van der Waals surface area contributed by atoms with Gasteiger partial charge in [0, 0.05) is 33.8 Å². The molecule has 0 saturated heterocycles. The molecule has 5 nitrogen and oxygen atoms in total. The van der Waals surface area contributed by atoms with E-state index in [2.05, 4.69) is 65.6 Å². The van der Waals surface area contributed by atoms with Gasteiger partial charge in [-0.3, -0.25) is 0 Å². The number of hydrogen-bond donors (Lipinski definition) is 0. The molecule has 8 rings (SSSR count). The van der Waals surface area contributed by atoms with Crippen molar-refractivity contribution >= 4 is 33.1 Å². The normalized spacial score (nSPS) is 11.4. The van der Waals surface area contributed by atoms with E-state index in [1.165, 1.54) is 0 Å². The Hall–Kier alpha value is -5.68. The van der Waals surface area contributed by atoms with Gasteiger partial charge in [-0.25, -0.2) is 19.9 Å². The lowest BCUT2D eigenvalue weighted by Gasteiger charge is -2.08. The molecule has 0 spiro atoms. The van der Waals surface area contributed by atoms with Crippen molar-refractivity contribution in [1.82, 2.24) is 19.9 Å². The van der Waals surface area contributed by atoms with Gasteiger partial charge in [0.15, 0.2) is 11.4 Å². The zero-order chi connectivity index (χ0) is 27.2. The lowest BCUT2D eigenvalue weighted by atomic mass is 10.1. The third-order valence-corrected chi connectivity index (χ3v) is 7.36. The van der Waals surface area contributed by atoms with Gasteiger partial charge in [0.05, 0.1) is 16.6 Å². The van der Waals surface area contributed by atoms with Gasteiger partial charge >= 0.3 is 0 Å². The minimum atomic E-state index is 0.543. The van der Waals surface area contributed by atoms with E-state index in [-0.39, 0.29) is 0 Å². The number of rotatable bonds is 4. The fourth-order valence-corrected chi connectivity index (χ4v) is 5.26. The summed E-state index contributed by atoms with van der Waals surface area (Å²) in [6, 6.07) is 43.0. The highest BCUT2D eigenvalue weighted by Crippen LogP contribution is 2.36. The lowest BCUT2D eigenvalue weighted by molar-refractivity contribution is 0.653. The van der Waals surface area contributed by atoms with E-state index in [1.54, 1.807) is 0 Å². The Balaban J connectivity index is 1.28. The number of nitrogens with zero attached hydrogens (tertiary/aromatic N) is 4. The van der Waals surface area contributed by atoms with E-state index >= 15 is 0 Å². The zero-order valence-corrected chi connectivity index (χ0v) is 21.9. The summed E-state index contributed by atoms with van der Waals surface area (Å²) in [4.78, 5) is 19.6. The van der Waals surface area contributed by atoms with Crippen LogP contribution in [0.2, 0.25) is 0 Å². The van der Waals surface area contributed by atoms with Gasteiger partial charge in [-0.1, -0.05) is 109 Å². The van der Waals surface area contributed by atoms with Gasteiger partial charge in [-0.2, -0.15) is 0 Å². The Labute approximate surface area is 235 Å². The third kappa shape index (κ3) is 4.12. The smallest absolute Gasteiger partial charge is 0.229 e. The molecule has 0 atom stereocenters. The van der Waals surface area contributed by atoms with Gasteiger partial charge in [-0.05, 0) is 23.8 Å². The first kappa shape index (κ1) is 23.2. The van der Waals surface area contributed by atoms with Crippen LogP contribution >= 0.6 is 0 Å². The molecule has 0 saturated carbocycles. The molecule has 0 N–H and O–H groups in total. The lowest BCUT2D eigenvalue weighted by Crippen LogP contribution is -1.94. The topological polar surface area (TPSA) is 64.7 Å². The number of hydrogen-bond acceptors (Lipinski definition) is 5. The number of para-hydroxylation sites is 1. The quantitative estimate of drug-likeness (QED) is 0.229. The van der Waals surface area contributed by atoms with Crippen LogP contribution in [0.4, 0.5) is 0 Å². The summed E-state index contributed by atoms with van der Waals surface area (Å²) in [5.74, 6) is 0.627. The molecule has 4 heterocycles. The number of benzene rings is 4. The maximum absolute atomic E-state index is 6.29. The monoisotopic (exact) mass is 526 g/mol. The zero-order valence-electron chi connectivity index (χ0n) is 21.9. The molecule has 4 aromatic carbocycles. The molecule has 192 valence electrons. The molecule has 0 radical (unpaired) electrons. The summed E-state index contributed by atoms with van der Waals surface area (Å²) in [7, 11) is 0. The molecule has 0 aliphatic carbocycles. The molecule has 0 aliphatic heterocycles. The average Bonchev–Trinajstić information content (AvgIpc) is 3.43. The van der Waals surface area contributed by atoms with Crippen molar-refractivity contribution < 1.29 is 4.42 Å². The number of aromatic nitrogens is 4. The Bertz CT molecular complexity index is 2190. The van der Waals surface area contributed by atoms with Crippen LogP contribution in [0.3, 0.4) is 0 Å². The molecular weight excluding hydrogens is 504 g/mol. The van der Waals surface area contributed by atoms with E-state index in [1.807, 2.05) is 72.9 Å². The largest absolute Gasteiger partial charge is 0.434 e. The van der Waals surface area contributed by atoms with E-state index < -0.39 is 0 Å². The van der Waals surface area contributed by atoms with Crippen LogP contribution in [0.15, 0.2) is 138 Å². The van der Waals surface area contributed by atoms with Gasteiger partial charge in [0.2, 0.25) is 5.71 Å². The van der Waals surface area contributed by atoms with Crippen LogP contribution in [-0.4, -0.2) is 19.9 Å². The summed E-state index contributed by atoms with van der Waals surface area (Å²) < 4.78 is 6.29. The predicted molar refractivity (Wildman–Crippen MR) is 164 cm³/mol. The second-order valence-electron chi connectivity index (χ2n) is 9.95. The first-order chi connectivity index (χ1) is 20.3. The van der Waals surface area contributed by atoms with Crippen molar-refractivity contribution in [1.29, 1.82) is 0 Å². The van der Waals surface area contributed by atoms with Gasteiger partial charge < -0.3 is 4.42 Å². The predicted octanol–water partition coefficient (Wildman–Crippen LogP) is 8.99. The molecule has 5 heteroatoms. The average molecular weight is 527 g/mol. The molecule has 0 bridgehead atoms. The Morgan fingerprint density at radius 3 is 2.02 bits per heavy atom. The Morgan fingerprint density at radius 2 is 1.22 bits per heavy atom. The molecule has 41 heavy (non-hydrogen) atoms. The molecule has 0 fully saturated rings. The summed E-state index contributed by atoms with van der Waals surface area (Å²) >= 11 is 0. The molecule has 4 aromatic heterocycles. The molecular formula is C36H22N4O. The summed E-state index contributed by atoms with van der Waals surface area (Å²) in [6.45, 7) is 0. The Morgan fingerprint density at radius 1 is 0.512 bits per heavy atom. The molecule has 8 aromatic rings. The fourth-order valence-electron chi connectivity index (χ4n) is 5.26. The summed E-state index contributed by atoms with van der Waals surface area (Å²) in [6.07, 6.45) is 1.84. The van der Waals surface area contributed by atoms with Crippen LogP contribution in [0.1, 0.15) is 0 Å². The van der Waals surface area contributed by atoms with Crippen LogP contribution in [0, 0.1) is 0 Å². The van der Waals surface area contributed by atoms with E-state index in [0.717, 1.165) is 61.0 Å². The van der Waals surface area contributed by atoms with Gasteiger partial charge in [0.1, 0.15) is 11.2 Å². The van der Waals surface area contributed by atoms with Crippen LogP contribution in [-0.2, 0) is 0 Å². The van der Waals surface area contributed by atoms with Crippen molar-refractivity contribution in [3.05, 3.63) is 134 Å². The third-order valence-electron chi connectivity index (χ3n) is 7.36. The Kier molecular flexibility index (Phi) is 5.38. The molecule has 0 amide bonds. The van der Waals surface area contributed by atoms with Crippen molar-refractivity contribution in [2.45, 2.75) is 0 Å². The van der Waals surface area contributed by atoms with E-state index in [0.29, 0.717) is 17.1 Å². The van der Waals surface area contributed by atoms with Crippen LogP contribution in [0.25, 0.3) is 78.1 Å². The minimum absolute atomic E-state index is 0.543. The number of fused-ring (bicyclic) bond motifs is 4. The number of furan rings is 1. The second kappa shape index (κ2) is 9.50. The highest BCUT2D eigenvalue weighted by Gasteiger charge is 2.19. The molecule has 0 unspecified atom stereocenters. The standard InChI is InChI=1S/C36H22N4O/c1-3-9-23(10-4-1)28-21-29-33-34(41-36(29)37-22-28)32(26-12-5-2-6-13-26)39-35(40-33)27-17-15-25(16-18-27)31-20-19-24-11-7-8-14-30(24)38-31/h1-22H.